The monoisotopic (exact) mass is 119 g/mol. The zero-order chi connectivity index (χ0) is 6.69. The molecular weight excluding hydrogens is 108 g/mol. The van der Waals surface area contributed by atoms with E-state index in [2.05, 4.69) is 38.1 Å². The summed E-state index contributed by atoms with van der Waals surface area (Å²) in [6, 6.07) is 8.45. The molecule has 1 aromatic rings. The summed E-state index contributed by atoms with van der Waals surface area (Å²) in [4.78, 5) is 0. The van der Waals surface area contributed by atoms with Gasteiger partial charge in [-0.15, -0.1) is 0 Å². The number of aryl methyl sites for hydroxylation is 1. The highest BCUT2D eigenvalue weighted by atomic mass is 13.9. The van der Waals surface area contributed by atoms with Crippen molar-refractivity contribution < 1.29 is 0 Å². The Balaban J connectivity index is 2.88. The molecular formula is C9H11. The van der Waals surface area contributed by atoms with Crippen LogP contribution in [0.2, 0.25) is 0 Å². The van der Waals surface area contributed by atoms with Crippen LogP contribution in [0, 0.1) is 13.8 Å². The van der Waals surface area contributed by atoms with Gasteiger partial charge in [0.2, 0.25) is 0 Å². The fraction of sp³-hybridized carbons (Fsp3) is 0.222. The molecule has 0 heterocycles. The van der Waals surface area contributed by atoms with Crippen LogP contribution in [0.3, 0.4) is 0 Å². The summed E-state index contributed by atoms with van der Waals surface area (Å²) in [7, 11) is 0. The molecule has 0 saturated carbocycles. The lowest BCUT2D eigenvalue weighted by molar-refractivity contribution is 1.26. The molecule has 0 bridgehead atoms. The van der Waals surface area contributed by atoms with E-state index < -0.39 is 0 Å². The van der Waals surface area contributed by atoms with E-state index in [1.165, 1.54) is 11.1 Å². The first-order valence-electron chi connectivity index (χ1n) is 3.17. The van der Waals surface area contributed by atoms with Gasteiger partial charge in [-0.05, 0) is 25.8 Å². The predicted molar refractivity (Wildman–Crippen MR) is 40.2 cm³/mol. The van der Waals surface area contributed by atoms with Crippen molar-refractivity contribution in [3.8, 4) is 0 Å². The molecule has 0 fully saturated rings. The largest absolute Gasteiger partial charge is 0.0591 e. The lowest BCUT2D eigenvalue weighted by Gasteiger charge is -1.94. The average Bonchev–Trinajstić information content (AvgIpc) is 1.90. The van der Waals surface area contributed by atoms with Crippen LogP contribution >= 0.6 is 0 Å². The van der Waals surface area contributed by atoms with E-state index in [-0.39, 0.29) is 0 Å². The molecule has 47 valence electrons. The Morgan fingerprint density at radius 2 is 1.78 bits per heavy atom. The van der Waals surface area contributed by atoms with E-state index in [0.717, 1.165) is 6.42 Å². The summed E-state index contributed by atoms with van der Waals surface area (Å²) in [5, 5.41) is 0. The standard InChI is InChI=1S/C9H11/c1-3-9-6-4-8(2)5-7-9/h4-7H,1,3H2,2H3. The fourth-order valence-corrected chi connectivity index (χ4v) is 0.755. The quantitative estimate of drug-likeness (QED) is 0.532. The van der Waals surface area contributed by atoms with E-state index >= 15 is 0 Å². The molecule has 0 atom stereocenters. The first-order valence-corrected chi connectivity index (χ1v) is 3.17. The zero-order valence-corrected chi connectivity index (χ0v) is 5.72. The highest BCUT2D eigenvalue weighted by molar-refractivity contribution is 5.21. The molecule has 0 nitrogen and oxygen atoms in total. The molecule has 0 amide bonds. The highest BCUT2D eigenvalue weighted by Gasteiger charge is 1.84. The second-order valence-electron chi connectivity index (χ2n) is 2.24. The summed E-state index contributed by atoms with van der Waals surface area (Å²) in [6.45, 7) is 5.88. The maximum atomic E-state index is 3.79. The smallest absolute Gasteiger partial charge is 0.0279 e. The van der Waals surface area contributed by atoms with Gasteiger partial charge in [0.15, 0.2) is 0 Å². The molecule has 0 N–H and O–H groups in total. The minimum atomic E-state index is 0.889. The summed E-state index contributed by atoms with van der Waals surface area (Å²) in [6.07, 6.45) is 0.889. The van der Waals surface area contributed by atoms with Crippen molar-refractivity contribution in [1.29, 1.82) is 0 Å². The van der Waals surface area contributed by atoms with Crippen LogP contribution in [0.1, 0.15) is 11.1 Å². The maximum absolute atomic E-state index is 3.79. The molecule has 1 rings (SSSR count). The van der Waals surface area contributed by atoms with E-state index in [9.17, 15) is 0 Å². The minimum absolute atomic E-state index is 0.889. The molecule has 1 aromatic carbocycles. The van der Waals surface area contributed by atoms with E-state index in [0.29, 0.717) is 0 Å². The third kappa shape index (κ3) is 1.56. The Bertz CT molecular complexity index is 172. The molecule has 0 aliphatic carbocycles. The molecule has 0 heteroatoms. The van der Waals surface area contributed by atoms with Gasteiger partial charge in [-0.1, -0.05) is 29.8 Å². The average molecular weight is 119 g/mol. The van der Waals surface area contributed by atoms with Crippen molar-refractivity contribution in [2.45, 2.75) is 13.3 Å². The van der Waals surface area contributed by atoms with Gasteiger partial charge in [0.25, 0.3) is 0 Å². The summed E-state index contributed by atoms with van der Waals surface area (Å²) in [5.74, 6) is 0. The van der Waals surface area contributed by atoms with Gasteiger partial charge in [0.1, 0.15) is 0 Å². The lowest BCUT2D eigenvalue weighted by Crippen LogP contribution is -1.78. The van der Waals surface area contributed by atoms with E-state index in [4.69, 9.17) is 0 Å². The Hall–Kier alpha value is -0.780. The van der Waals surface area contributed by atoms with Crippen LogP contribution in [0.4, 0.5) is 0 Å². The second-order valence-corrected chi connectivity index (χ2v) is 2.24. The third-order valence-electron chi connectivity index (χ3n) is 1.41. The Kier molecular flexibility index (Phi) is 1.88. The van der Waals surface area contributed by atoms with Crippen LogP contribution in [0.5, 0.6) is 0 Å². The van der Waals surface area contributed by atoms with E-state index in [1.807, 2.05) is 0 Å². The van der Waals surface area contributed by atoms with Gasteiger partial charge < -0.3 is 0 Å². The van der Waals surface area contributed by atoms with Gasteiger partial charge >= 0.3 is 0 Å². The SMILES string of the molecule is [CH2]Cc1ccc(C)cc1. The Labute approximate surface area is 56.5 Å². The Morgan fingerprint density at radius 3 is 2.22 bits per heavy atom. The van der Waals surface area contributed by atoms with Crippen molar-refractivity contribution in [2.75, 3.05) is 0 Å². The van der Waals surface area contributed by atoms with Crippen molar-refractivity contribution in [3.63, 3.8) is 0 Å². The number of rotatable bonds is 1. The normalized spacial score (nSPS) is 9.56. The van der Waals surface area contributed by atoms with Crippen LogP contribution in [-0.4, -0.2) is 0 Å². The first kappa shape index (κ1) is 6.34. The number of benzene rings is 1. The molecule has 0 spiro atoms. The van der Waals surface area contributed by atoms with Crippen molar-refractivity contribution in [2.24, 2.45) is 0 Å². The van der Waals surface area contributed by atoms with Crippen LogP contribution in [0.25, 0.3) is 0 Å². The fourth-order valence-electron chi connectivity index (χ4n) is 0.755. The summed E-state index contributed by atoms with van der Waals surface area (Å²) in [5.41, 5.74) is 2.62. The van der Waals surface area contributed by atoms with Crippen molar-refractivity contribution >= 4 is 0 Å². The molecule has 1 radical (unpaired) electrons. The number of hydrogen-bond donors (Lipinski definition) is 0. The minimum Gasteiger partial charge on any atom is -0.0591 e. The van der Waals surface area contributed by atoms with Crippen molar-refractivity contribution in [3.05, 3.63) is 42.3 Å². The van der Waals surface area contributed by atoms with Crippen molar-refractivity contribution in [1.82, 2.24) is 0 Å². The molecule has 0 aromatic heterocycles. The highest BCUT2D eigenvalue weighted by Crippen LogP contribution is 2.02. The number of hydrogen-bond acceptors (Lipinski definition) is 0. The molecule has 9 heavy (non-hydrogen) atoms. The van der Waals surface area contributed by atoms with Crippen LogP contribution in [-0.2, 0) is 6.42 Å². The molecule has 0 aliphatic heterocycles. The first-order chi connectivity index (χ1) is 4.33. The topological polar surface area (TPSA) is 0 Å². The van der Waals surface area contributed by atoms with Gasteiger partial charge in [-0.25, -0.2) is 0 Å². The predicted octanol–water partition coefficient (Wildman–Crippen LogP) is 2.37. The third-order valence-corrected chi connectivity index (χ3v) is 1.41. The second kappa shape index (κ2) is 2.67. The lowest BCUT2D eigenvalue weighted by atomic mass is 10.1. The van der Waals surface area contributed by atoms with E-state index in [1.54, 1.807) is 0 Å². The van der Waals surface area contributed by atoms with Crippen LogP contribution in [0.15, 0.2) is 24.3 Å². The molecule has 0 unspecified atom stereocenters. The Morgan fingerprint density at radius 1 is 1.22 bits per heavy atom. The summed E-state index contributed by atoms with van der Waals surface area (Å²) < 4.78 is 0. The molecule has 0 aliphatic rings. The zero-order valence-electron chi connectivity index (χ0n) is 5.72. The maximum Gasteiger partial charge on any atom is -0.0279 e. The summed E-state index contributed by atoms with van der Waals surface area (Å²) >= 11 is 0. The van der Waals surface area contributed by atoms with Gasteiger partial charge in [-0.2, -0.15) is 0 Å². The van der Waals surface area contributed by atoms with Crippen LogP contribution < -0.4 is 0 Å². The van der Waals surface area contributed by atoms with Gasteiger partial charge in [0, 0.05) is 0 Å². The molecule has 0 saturated heterocycles. The van der Waals surface area contributed by atoms with Gasteiger partial charge in [0.05, 0.1) is 0 Å². The van der Waals surface area contributed by atoms with Gasteiger partial charge in [-0.3, -0.25) is 0 Å².